The van der Waals surface area contributed by atoms with E-state index in [9.17, 15) is 18.0 Å². The monoisotopic (exact) mass is 432 g/mol. The van der Waals surface area contributed by atoms with Crippen LogP contribution in [0.25, 0.3) is 0 Å². The number of nitrogens with zero attached hydrogens (tertiary/aromatic N) is 1. The summed E-state index contributed by atoms with van der Waals surface area (Å²) in [5.41, 5.74) is 1.16. The van der Waals surface area contributed by atoms with Crippen molar-refractivity contribution < 1.29 is 22.7 Å². The molecule has 1 aliphatic rings. The van der Waals surface area contributed by atoms with Crippen molar-refractivity contribution in [3.05, 3.63) is 48.5 Å². The lowest BCUT2D eigenvalue weighted by molar-refractivity contribution is -0.121. The molecule has 0 bridgehead atoms. The molecule has 0 atom stereocenters. The third kappa shape index (κ3) is 5.49. The van der Waals surface area contributed by atoms with Crippen molar-refractivity contribution in [3.63, 3.8) is 0 Å². The number of benzene rings is 2. The van der Waals surface area contributed by atoms with Crippen molar-refractivity contribution in [1.29, 1.82) is 0 Å². The Balaban J connectivity index is 1.49. The van der Waals surface area contributed by atoms with Crippen LogP contribution in [0.15, 0.2) is 53.4 Å². The number of hydrogen-bond acceptors (Lipinski definition) is 5. The van der Waals surface area contributed by atoms with Gasteiger partial charge in [0.05, 0.1) is 12.0 Å². The number of sulfonamides is 1. The second kappa shape index (κ2) is 9.14. The Morgan fingerprint density at radius 2 is 1.50 bits per heavy atom. The van der Waals surface area contributed by atoms with E-state index in [4.69, 9.17) is 9.88 Å². The molecule has 9 nitrogen and oxygen atoms in total. The van der Waals surface area contributed by atoms with E-state index >= 15 is 0 Å². The summed E-state index contributed by atoms with van der Waals surface area (Å²) < 4.78 is 27.7. The lowest BCUT2D eigenvalue weighted by atomic mass is 9.96. The van der Waals surface area contributed by atoms with Crippen molar-refractivity contribution >= 4 is 33.3 Å². The van der Waals surface area contributed by atoms with Crippen molar-refractivity contribution in [2.75, 3.05) is 30.8 Å². The molecule has 0 aliphatic carbocycles. The van der Waals surface area contributed by atoms with Crippen molar-refractivity contribution in [2.45, 2.75) is 17.7 Å². The van der Waals surface area contributed by atoms with Gasteiger partial charge in [0.15, 0.2) is 0 Å². The number of methoxy groups -OCH3 is 1. The van der Waals surface area contributed by atoms with Crippen LogP contribution in [0.2, 0.25) is 0 Å². The number of primary sulfonamides is 1. The normalized spacial score (nSPS) is 14.8. The Morgan fingerprint density at radius 1 is 0.967 bits per heavy atom. The predicted molar refractivity (Wildman–Crippen MR) is 113 cm³/mol. The Hall–Kier alpha value is -3.11. The number of carbonyl (C=O) groups excluding carboxylic acids is 2. The minimum Gasteiger partial charge on any atom is -0.497 e. The quantitative estimate of drug-likeness (QED) is 0.667. The summed E-state index contributed by atoms with van der Waals surface area (Å²) in [6, 6.07) is 12.5. The number of rotatable bonds is 5. The van der Waals surface area contributed by atoms with Gasteiger partial charge in [0.25, 0.3) is 0 Å². The number of anilines is 2. The van der Waals surface area contributed by atoms with Crippen LogP contribution >= 0.6 is 0 Å². The highest BCUT2D eigenvalue weighted by Gasteiger charge is 2.27. The number of hydrogen-bond donors (Lipinski definition) is 3. The van der Waals surface area contributed by atoms with Crippen LogP contribution in [-0.4, -0.2) is 45.5 Å². The number of ether oxygens (including phenoxy) is 1. The molecular weight excluding hydrogens is 408 g/mol. The van der Waals surface area contributed by atoms with Gasteiger partial charge in [-0.1, -0.05) is 0 Å². The number of likely N-dealkylation sites (tertiary alicyclic amines) is 1. The van der Waals surface area contributed by atoms with E-state index in [0.29, 0.717) is 43.1 Å². The van der Waals surface area contributed by atoms with Crippen LogP contribution in [0, 0.1) is 5.92 Å². The van der Waals surface area contributed by atoms with Crippen molar-refractivity contribution in [1.82, 2.24) is 4.90 Å². The summed E-state index contributed by atoms with van der Waals surface area (Å²) in [5.74, 6) is 0.320. The first-order valence-corrected chi connectivity index (χ1v) is 10.9. The largest absolute Gasteiger partial charge is 0.497 e. The van der Waals surface area contributed by atoms with Gasteiger partial charge >= 0.3 is 6.03 Å². The van der Waals surface area contributed by atoms with E-state index in [1.54, 1.807) is 36.3 Å². The number of amides is 3. The highest BCUT2D eigenvalue weighted by atomic mass is 32.2. The molecule has 30 heavy (non-hydrogen) atoms. The molecule has 0 saturated carbocycles. The van der Waals surface area contributed by atoms with Crippen LogP contribution in [0.3, 0.4) is 0 Å². The molecule has 0 radical (unpaired) electrons. The molecule has 1 fully saturated rings. The summed E-state index contributed by atoms with van der Waals surface area (Å²) >= 11 is 0. The lowest BCUT2D eigenvalue weighted by Gasteiger charge is -2.31. The van der Waals surface area contributed by atoms with Gasteiger partial charge in [-0.2, -0.15) is 0 Å². The molecular formula is C20H24N4O5S. The summed E-state index contributed by atoms with van der Waals surface area (Å²) in [7, 11) is -2.19. The molecule has 4 N–H and O–H groups in total. The van der Waals surface area contributed by atoms with Gasteiger partial charge in [0.2, 0.25) is 15.9 Å². The summed E-state index contributed by atoms with van der Waals surface area (Å²) in [6.45, 7) is 0.925. The third-order valence-corrected chi connectivity index (χ3v) is 5.87. The van der Waals surface area contributed by atoms with Gasteiger partial charge in [0, 0.05) is 30.4 Å². The molecule has 1 saturated heterocycles. The first-order valence-electron chi connectivity index (χ1n) is 9.40. The SMILES string of the molecule is COc1ccc(NC(=O)N2CCC(C(=O)Nc3ccc(S(N)(=O)=O)cc3)CC2)cc1. The molecule has 2 aromatic carbocycles. The van der Waals surface area contributed by atoms with Crippen LogP contribution in [0.1, 0.15) is 12.8 Å². The Morgan fingerprint density at radius 3 is 2.03 bits per heavy atom. The summed E-state index contributed by atoms with van der Waals surface area (Å²) in [5, 5.41) is 10.7. The Kier molecular flexibility index (Phi) is 6.58. The Labute approximate surface area is 175 Å². The Bertz CT molecular complexity index is 998. The van der Waals surface area contributed by atoms with Crippen LogP contribution in [0.5, 0.6) is 5.75 Å². The molecule has 0 unspecified atom stereocenters. The molecule has 1 heterocycles. The number of nitrogens with two attached hydrogens (primary N) is 1. The predicted octanol–water partition coefficient (Wildman–Crippen LogP) is 2.23. The second-order valence-electron chi connectivity index (χ2n) is 6.98. The number of nitrogens with one attached hydrogen (secondary N) is 2. The van der Waals surface area contributed by atoms with E-state index in [1.165, 1.54) is 24.3 Å². The minimum absolute atomic E-state index is 0.0170. The van der Waals surface area contributed by atoms with Gasteiger partial charge in [-0.15, -0.1) is 0 Å². The maximum atomic E-state index is 12.5. The van der Waals surface area contributed by atoms with Crippen LogP contribution in [-0.2, 0) is 14.8 Å². The zero-order chi connectivity index (χ0) is 21.7. The first kappa shape index (κ1) is 21.6. The molecule has 0 spiro atoms. The van der Waals surface area contributed by atoms with Crippen LogP contribution < -0.4 is 20.5 Å². The average molecular weight is 433 g/mol. The topological polar surface area (TPSA) is 131 Å². The van der Waals surface area contributed by atoms with Gasteiger partial charge in [-0.25, -0.2) is 18.4 Å². The fourth-order valence-corrected chi connectivity index (χ4v) is 3.71. The van der Waals surface area contributed by atoms with E-state index in [2.05, 4.69) is 10.6 Å². The second-order valence-corrected chi connectivity index (χ2v) is 8.54. The minimum atomic E-state index is -3.77. The highest BCUT2D eigenvalue weighted by molar-refractivity contribution is 7.89. The van der Waals surface area contributed by atoms with Gasteiger partial charge in [0.1, 0.15) is 5.75 Å². The molecule has 0 aromatic heterocycles. The smallest absolute Gasteiger partial charge is 0.321 e. The fourth-order valence-electron chi connectivity index (χ4n) is 3.19. The fraction of sp³-hybridized carbons (Fsp3) is 0.300. The van der Waals surface area contributed by atoms with Crippen LogP contribution in [0.4, 0.5) is 16.2 Å². The van der Waals surface area contributed by atoms with Gasteiger partial charge in [-0.3, -0.25) is 4.79 Å². The molecule has 10 heteroatoms. The van der Waals surface area contributed by atoms with Gasteiger partial charge < -0.3 is 20.3 Å². The molecule has 160 valence electrons. The zero-order valence-corrected chi connectivity index (χ0v) is 17.3. The van der Waals surface area contributed by atoms with Crippen molar-refractivity contribution in [3.8, 4) is 5.75 Å². The molecule has 3 rings (SSSR count). The molecule has 3 amide bonds. The van der Waals surface area contributed by atoms with E-state index < -0.39 is 10.0 Å². The van der Waals surface area contributed by atoms with E-state index in [1.807, 2.05) is 0 Å². The lowest BCUT2D eigenvalue weighted by Crippen LogP contribution is -2.43. The zero-order valence-electron chi connectivity index (χ0n) is 16.5. The number of piperidine rings is 1. The van der Waals surface area contributed by atoms with Gasteiger partial charge in [-0.05, 0) is 61.4 Å². The summed E-state index contributed by atoms with van der Waals surface area (Å²) in [6.07, 6.45) is 1.08. The standard InChI is InChI=1S/C20H24N4O5S/c1-29-17-6-2-16(3-7-17)23-20(26)24-12-10-14(11-13-24)19(25)22-15-4-8-18(9-5-15)30(21,27)28/h2-9,14H,10-13H2,1H3,(H,22,25)(H,23,26)(H2,21,27,28). The number of carbonyl (C=O) groups is 2. The maximum Gasteiger partial charge on any atom is 0.321 e. The molecule has 1 aliphatic heterocycles. The third-order valence-electron chi connectivity index (χ3n) is 4.94. The van der Waals surface area contributed by atoms with E-state index in [-0.39, 0.29) is 22.8 Å². The van der Waals surface area contributed by atoms with E-state index in [0.717, 1.165) is 0 Å². The maximum absolute atomic E-state index is 12.5. The summed E-state index contributed by atoms with van der Waals surface area (Å²) in [4.78, 5) is 26.6. The average Bonchev–Trinajstić information content (AvgIpc) is 2.74. The van der Waals surface area contributed by atoms with Crippen molar-refractivity contribution in [2.24, 2.45) is 11.1 Å². The first-order chi connectivity index (χ1) is 14.3. The molecule has 2 aromatic rings. The highest BCUT2D eigenvalue weighted by Crippen LogP contribution is 2.22. The number of urea groups is 1.